The van der Waals surface area contributed by atoms with E-state index in [4.69, 9.17) is 14.2 Å². The zero-order valence-electron chi connectivity index (χ0n) is 11.9. The van der Waals surface area contributed by atoms with Crippen molar-refractivity contribution in [3.05, 3.63) is 29.8 Å². The lowest BCUT2D eigenvalue weighted by molar-refractivity contribution is -0.143. The summed E-state index contributed by atoms with van der Waals surface area (Å²) >= 11 is 0. The van der Waals surface area contributed by atoms with E-state index in [1.807, 2.05) is 24.3 Å². The van der Waals surface area contributed by atoms with Crippen molar-refractivity contribution >= 4 is 5.97 Å². The van der Waals surface area contributed by atoms with Gasteiger partial charge in [0.05, 0.1) is 20.3 Å². The lowest BCUT2D eigenvalue weighted by Crippen LogP contribution is -2.35. The Balaban J connectivity index is 2.11. The summed E-state index contributed by atoms with van der Waals surface area (Å²) in [7, 11) is 2.98. The van der Waals surface area contributed by atoms with Gasteiger partial charge in [0.15, 0.2) is 0 Å². The molecule has 20 heavy (non-hydrogen) atoms. The largest absolute Gasteiger partial charge is 0.496 e. The number of benzene rings is 1. The van der Waals surface area contributed by atoms with Crippen LogP contribution in [-0.4, -0.2) is 39.4 Å². The standard InChI is InChI=1S/C15H21NO4/c1-18-13-8-4-3-7-12(13)14(15(17)19-2)16-10-11-6-5-9-20-11/h3-4,7-8,11,14,16H,5-6,9-10H2,1-2H3. The van der Waals surface area contributed by atoms with Crippen LogP contribution in [0.2, 0.25) is 0 Å². The zero-order chi connectivity index (χ0) is 14.4. The van der Waals surface area contributed by atoms with Crippen LogP contribution in [0.3, 0.4) is 0 Å². The molecule has 2 rings (SSSR count). The summed E-state index contributed by atoms with van der Waals surface area (Å²) in [6.45, 7) is 1.42. The van der Waals surface area contributed by atoms with Crippen LogP contribution in [0.4, 0.5) is 0 Å². The molecule has 0 saturated carbocycles. The number of rotatable bonds is 6. The number of methoxy groups -OCH3 is 2. The molecule has 1 N–H and O–H groups in total. The Morgan fingerprint density at radius 3 is 2.90 bits per heavy atom. The lowest BCUT2D eigenvalue weighted by atomic mass is 10.1. The second-order valence-corrected chi connectivity index (χ2v) is 4.74. The molecule has 0 aromatic heterocycles. The van der Waals surface area contributed by atoms with E-state index in [1.165, 1.54) is 7.11 Å². The molecule has 0 radical (unpaired) electrons. The summed E-state index contributed by atoms with van der Waals surface area (Å²) < 4.78 is 15.8. The molecule has 0 amide bonds. The molecule has 0 spiro atoms. The van der Waals surface area contributed by atoms with E-state index in [0.29, 0.717) is 12.3 Å². The maximum atomic E-state index is 12.0. The summed E-state index contributed by atoms with van der Waals surface area (Å²) in [6.07, 6.45) is 2.26. The van der Waals surface area contributed by atoms with Crippen molar-refractivity contribution in [3.8, 4) is 5.75 Å². The molecule has 1 aliphatic rings. The SMILES string of the molecule is COC(=O)C(NCC1CCCO1)c1ccccc1OC. The van der Waals surface area contributed by atoms with Crippen molar-refractivity contribution in [3.63, 3.8) is 0 Å². The van der Waals surface area contributed by atoms with Gasteiger partial charge in [0.2, 0.25) is 0 Å². The van der Waals surface area contributed by atoms with Gasteiger partial charge in [-0.3, -0.25) is 5.32 Å². The van der Waals surface area contributed by atoms with E-state index in [0.717, 1.165) is 25.0 Å². The van der Waals surface area contributed by atoms with Gasteiger partial charge < -0.3 is 14.2 Å². The quantitative estimate of drug-likeness (QED) is 0.803. The van der Waals surface area contributed by atoms with E-state index in [1.54, 1.807) is 7.11 Å². The van der Waals surface area contributed by atoms with Gasteiger partial charge in [-0.2, -0.15) is 0 Å². The van der Waals surface area contributed by atoms with Crippen LogP contribution >= 0.6 is 0 Å². The third-order valence-electron chi connectivity index (χ3n) is 3.46. The van der Waals surface area contributed by atoms with E-state index in [9.17, 15) is 4.79 Å². The van der Waals surface area contributed by atoms with Crippen LogP contribution in [0.25, 0.3) is 0 Å². The third-order valence-corrected chi connectivity index (χ3v) is 3.46. The highest BCUT2D eigenvalue weighted by atomic mass is 16.5. The number of esters is 1. The molecule has 1 fully saturated rings. The highest BCUT2D eigenvalue weighted by Crippen LogP contribution is 2.26. The van der Waals surface area contributed by atoms with Crippen molar-refractivity contribution in [2.45, 2.75) is 25.0 Å². The van der Waals surface area contributed by atoms with Crippen LogP contribution in [0.1, 0.15) is 24.4 Å². The molecule has 5 heteroatoms. The fraction of sp³-hybridized carbons (Fsp3) is 0.533. The van der Waals surface area contributed by atoms with Crippen LogP contribution in [0.15, 0.2) is 24.3 Å². The molecule has 5 nitrogen and oxygen atoms in total. The average Bonchev–Trinajstić information content (AvgIpc) is 3.01. The Labute approximate surface area is 119 Å². The molecular formula is C15H21NO4. The fourth-order valence-corrected chi connectivity index (χ4v) is 2.40. The molecule has 1 heterocycles. The Kier molecular flexibility index (Phi) is 5.38. The first kappa shape index (κ1) is 14.8. The first-order valence-corrected chi connectivity index (χ1v) is 6.82. The van der Waals surface area contributed by atoms with Crippen LogP contribution in [0.5, 0.6) is 5.75 Å². The van der Waals surface area contributed by atoms with Crippen LogP contribution in [-0.2, 0) is 14.3 Å². The molecular weight excluding hydrogens is 258 g/mol. The predicted octanol–water partition coefficient (Wildman–Crippen LogP) is 1.68. The summed E-state index contributed by atoms with van der Waals surface area (Å²) in [5, 5.41) is 3.22. The number of para-hydroxylation sites is 1. The molecule has 1 saturated heterocycles. The molecule has 1 aromatic carbocycles. The van der Waals surface area contributed by atoms with Crippen molar-refractivity contribution < 1.29 is 19.0 Å². The number of carbonyl (C=O) groups is 1. The van der Waals surface area contributed by atoms with Crippen molar-refractivity contribution in [1.82, 2.24) is 5.32 Å². The fourth-order valence-electron chi connectivity index (χ4n) is 2.40. The summed E-state index contributed by atoms with van der Waals surface area (Å²) in [6, 6.07) is 6.90. The van der Waals surface area contributed by atoms with Gasteiger partial charge in [0.1, 0.15) is 11.8 Å². The van der Waals surface area contributed by atoms with Gasteiger partial charge in [0.25, 0.3) is 0 Å². The summed E-state index contributed by atoms with van der Waals surface area (Å²) in [5.41, 5.74) is 0.778. The smallest absolute Gasteiger partial charge is 0.327 e. The van der Waals surface area contributed by atoms with Crippen molar-refractivity contribution in [1.29, 1.82) is 0 Å². The molecule has 0 bridgehead atoms. The molecule has 2 atom stereocenters. The Morgan fingerprint density at radius 1 is 1.45 bits per heavy atom. The highest BCUT2D eigenvalue weighted by Gasteiger charge is 2.26. The first-order chi connectivity index (χ1) is 9.76. The van der Waals surface area contributed by atoms with E-state index in [2.05, 4.69) is 5.32 Å². The van der Waals surface area contributed by atoms with E-state index in [-0.39, 0.29) is 12.1 Å². The van der Waals surface area contributed by atoms with Gasteiger partial charge in [0, 0.05) is 18.7 Å². The predicted molar refractivity (Wildman–Crippen MR) is 74.7 cm³/mol. The lowest BCUT2D eigenvalue weighted by Gasteiger charge is -2.20. The maximum Gasteiger partial charge on any atom is 0.327 e. The van der Waals surface area contributed by atoms with Gasteiger partial charge in [-0.1, -0.05) is 18.2 Å². The average molecular weight is 279 g/mol. The third kappa shape index (κ3) is 3.49. The van der Waals surface area contributed by atoms with E-state index < -0.39 is 6.04 Å². The number of hydrogen-bond donors (Lipinski definition) is 1. The number of nitrogens with one attached hydrogen (secondary N) is 1. The van der Waals surface area contributed by atoms with Gasteiger partial charge in [-0.25, -0.2) is 4.79 Å². The van der Waals surface area contributed by atoms with E-state index >= 15 is 0 Å². The molecule has 1 aromatic rings. The normalized spacial score (nSPS) is 19.6. The summed E-state index contributed by atoms with van der Waals surface area (Å²) in [5.74, 6) is 0.343. The second-order valence-electron chi connectivity index (χ2n) is 4.74. The highest BCUT2D eigenvalue weighted by molar-refractivity contribution is 5.78. The monoisotopic (exact) mass is 279 g/mol. The number of hydrogen-bond acceptors (Lipinski definition) is 5. The number of carbonyl (C=O) groups excluding carboxylic acids is 1. The van der Waals surface area contributed by atoms with Crippen LogP contribution in [0, 0.1) is 0 Å². The zero-order valence-corrected chi connectivity index (χ0v) is 11.9. The minimum atomic E-state index is -0.541. The summed E-state index contributed by atoms with van der Waals surface area (Å²) in [4.78, 5) is 12.0. The van der Waals surface area contributed by atoms with Gasteiger partial charge in [-0.05, 0) is 18.9 Å². The molecule has 2 unspecified atom stereocenters. The molecule has 0 aliphatic carbocycles. The maximum absolute atomic E-state index is 12.0. The topological polar surface area (TPSA) is 56.8 Å². The molecule has 1 aliphatic heterocycles. The molecule has 110 valence electrons. The Hall–Kier alpha value is -1.59. The van der Waals surface area contributed by atoms with Gasteiger partial charge in [-0.15, -0.1) is 0 Å². The Morgan fingerprint density at radius 2 is 2.25 bits per heavy atom. The van der Waals surface area contributed by atoms with Gasteiger partial charge >= 0.3 is 5.97 Å². The minimum Gasteiger partial charge on any atom is -0.496 e. The number of ether oxygens (including phenoxy) is 3. The minimum absolute atomic E-state index is 0.164. The van der Waals surface area contributed by atoms with Crippen molar-refractivity contribution in [2.75, 3.05) is 27.4 Å². The Bertz CT molecular complexity index is 443. The van der Waals surface area contributed by atoms with Crippen LogP contribution < -0.4 is 10.1 Å². The van der Waals surface area contributed by atoms with Crippen molar-refractivity contribution in [2.24, 2.45) is 0 Å². The first-order valence-electron chi connectivity index (χ1n) is 6.82. The second kappa shape index (κ2) is 7.26.